The number of benzene rings is 2. The second-order valence-electron chi connectivity index (χ2n) is 5.80. The first-order valence-corrected chi connectivity index (χ1v) is 9.89. The highest BCUT2D eigenvalue weighted by molar-refractivity contribution is 8.27. The van der Waals surface area contributed by atoms with E-state index in [4.69, 9.17) is 39.5 Å². The minimum Gasteiger partial charge on any atom is -0.497 e. The molecule has 2 aromatic rings. The van der Waals surface area contributed by atoms with Crippen LogP contribution in [0.5, 0.6) is 5.75 Å². The van der Waals surface area contributed by atoms with E-state index in [-0.39, 0.29) is 5.78 Å². The van der Waals surface area contributed by atoms with Crippen LogP contribution in [-0.4, -0.2) is 33.6 Å². The van der Waals surface area contributed by atoms with Gasteiger partial charge in [-0.3, -0.25) is 4.79 Å². The van der Waals surface area contributed by atoms with Crippen molar-refractivity contribution in [3.8, 4) is 5.75 Å². The number of nitrogens with zero attached hydrogens (tertiary/aromatic N) is 3. The SMILES string of the molecule is COc1ccc(C2N=C3SC(c4ccc(Cl)cc4Cl)=NN3C(Cl)C2=O)cc1. The van der Waals surface area contributed by atoms with Crippen molar-refractivity contribution < 1.29 is 9.53 Å². The van der Waals surface area contributed by atoms with E-state index in [1.165, 1.54) is 16.8 Å². The van der Waals surface area contributed by atoms with Crippen LogP contribution in [0.25, 0.3) is 0 Å². The first kappa shape index (κ1) is 18.6. The Morgan fingerprint density at radius 3 is 2.56 bits per heavy atom. The van der Waals surface area contributed by atoms with Gasteiger partial charge in [0.2, 0.25) is 5.78 Å². The summed E-state index contributed by atoms with van der Waals surface area (Å²) in [5.41, 5.74) is 0.512. The molecule has 0 bridgehead atoms. The molecule has 5 nitrogen and oxygen atoms in total. The van der Waals surface area contributed by atoms with E-state index >= 15 is 0 Å². The third-order valence-electron chi connectivity index (χ3n) is 4.13. The molecule has 4 rings (SSSR count). The number of ketones is 1. The predicted molar refractivity (Wildman–Crippen MR) is 110 cm³/mol. The molecule has 2 heterocycles. The molecule has 0 spiro atoms. The number of hydrazone groups is 1. The summed E-state index contributed by atoms with van der Waals surface area (Å²) in [5, 5.41) is 8.04. The summed E-state index contributed by atoms with van der Waals surface area (Å²) in [6.07, 6.45) is 0. The highest BCUT2D eigenvalue weighted by Gasteiger charge is 2.42. The van der Waals surface area contributed by atoms with Gasteiger partial charge < -0.3 is 4.74 Å². The van der Waals surface area contributed by atoms with Crippen LogP contribution in [0.4, 0.5) is 0 Å². The molecule has 2 aromatic carbocycles. The smallest absolute Gasteiger partial charge is 0.201 e. The number of hydrogen-bond donors (Lipinski definition) is 0. The van der Waals surface area contributed by atoms with Gasteiger partial charge in [0.05, 0.1) is 12.1 Å². The largest absolute Gasteiger partial charge is 0.497 e. The van der Waals surface area contributed by atoms with Crippen molar-refractivity contribution in [3.63, 3.8) is 0 Å². The van der Waals surface area contributed by atoms with E-state index in [1.807, 2.05) is 12.1 Å². The number of fused-ring (bicyclic) bond motifs is 1. The van der Waals surface area contributed by atoms with Crippen LogP contribution in [0.2, 0.25) is 10.0 Å². The van der Waals surface area contributed by atoms with Gasteiger partial charge in [-0.2, -0.15) is 5.10 Å². The Morgan fingerprint density at radius 1 is 1.15 bits per heavy atom. The highest BCUT2D eigenvalue weighted by atomic mass is 35.5. The van der Waals surface area contributed by atoms with E-state index in [1.54, 1.807) is 37.4 Å². The van der Waals surface area contributed by atoms with Crippen molar-refractivity contribution >= 4 is 62.6 Å². The molecular formula is C18H12Cl3N3O2S. The molecule has 0 saturated heterocycles. The maximum Gasteiger partial charge on any atom is 0.201 e. The maximum absolute atomic E-state index is 12.7. The van der Waals surface area contributed by atoms with E-state index in [0.717, 1.165) is 5.56 Å². The molecule has 0 N–H and O–H groups in total. The maximum atomic E-state index is 12.7. The quantitative estimate of drug-likeness (QED) is 0.500. The number of rotatable bonds is 3. The lowest BCUT2D eigenvalue weighted by molar-refractivity contribution is -0.122. The van der Waals surface area contributed by atoms with E-state index in [0.29, 0.717) is 31.6 Å². The molecule has 9 heteroatoms. The minimum atomic E-state index is -0.944. The third-order valence-corrected chi connectivity index (χ3v) is 6.05. The molecule has 2 atom stereocenters. The fraction of sp³-hybridized carbons (Fsp3) is 0.167. The van der Waals surface area contributed by atoms with E-state index < -0.39 is 11.5 Å². The van der Waals surface area contributed by atoms with Crippen molar-refractivity contribution in [1.82, 2.24) is 5.01 Å². The molecule has 0 fully saturated rings. The zero-order valence-electron chi connectivity index (χ0n) is 13.9. The van der Waals surface area contributed by atoms with Crippen molar-refractivity contribution in [1.29, 1.82) is 0 Å². The van der Waals surface area contributed by atoms with Crippen LogP contribution in [0.3, 0.4) is 0 Å². The number of alkyl halides is 1. The summed E-state index contributed by atoms with van der Waals surface area (Å²) in [4.78, 5) is 17.3. The van der Waals surface area contributed by atoms with Crippen molar-refractivity contribution in [3.05, 3.63) is 63.6 Å². The highest BCUT2D eigenvalue weighted by Crippen LogP contribution is 2.38. The van der Waals surface area contributed by atoms with Gasteiger partial charge in [0.15, 0.2) is 10.7 Å². The first-order valence-electron chi connectivity index (χ1n) is 7.88. The van der Waals surface area contributed by atoms with Crippen LogP contribution in [0, 0.1) is 0 Å². The number of hydrogen-bond acceptors (Lipinski definition) is 6. The monoisotopic (exact) mass is 439 g/mol. The zero-order chi connectivity index (χ0) is 19.1. The predicted octanol–water partition coefficient (Wildman–Crippen LogP) is 4.96. The second-order valence-corrected chi connectivity index (χ2v) is 8.01. The fourth-order valence-corrected chi connectivity index (χ4v) is 4.60. The summed E-state index contributed by atoms with van der Waals surface area (Å²) in [5.74, 6) is 0.468. The van der Waals surface area contributed by atoms with Gasteiger partial charge in [0.25, 0.3) is 0 Å². The second kappa shape index (κ2) is 7.36. The average Bonchev–Trinajstić information content (AvgIpc) is 3.09. The van der Waals surface area contributed by atoms with E-state index in [2.05, 4.69) is 10.1 Å². The lowest BCUT2D eigenvalue weighted by Gasteiger charge is -2.27. The van der Waals surface area contributed by atoms with Gasteiger partial charge in [0, 0.05) is 10.6 Å². The minimum absolute atomic E-state index is 0.238. The van der Waals surface area contributed by atoms with Gasteiger partial charge in [-0.1, -0.05) is 46.9 Å². The van der Waals surface area contributed by atoms with Crippen LogP contribution in [0.15, 0.2) is 52.6 Å². The molecule has 2 unspecified atom stereocenters. The molecule has 0 aliphatic carbocycles. The zero-order valence-corrected chi connectivity index (χ0v) is 17.0. The summed E-state index contributed by atoms with van der Waals surface area (Å²) in [6.45, 7) is 0. The van der Waals surface area contributed by atoms with Crippen molar-refractivity contribution in [2.45, 2.75) is 11.5 Å². The molecular weight excluding hydrogens is 429 g/mol. The Bertz CT molecular complexity index is 978. The molecule has 0 saturated carbocycles. The van der Waals surface area contributed by atoms with Gasteiger partial charge in [0.1, 0.15) is 16.8 Å². The molecule has 2 aliphatic rings. The first-order chi connectivity index (χ1) is 13.0. The molecule has 138 valence electrons. The number of aliphatic imine (C=N–C) groups is 1. The summed E-state index contributed by atoms with van der Waals surface area (Å²) >= 11 is 19.9. The van der Waals surface area contributed by atoms with Crippen molar-refractivity contribution in [2.75, 3.05) is 7.11 Å². The van der Waals surface area contributed by atoms with Gasteiger partial charge in [-0.05, 0) is 47.7 Å². The normalized spacial score (nSPS) is 21.6. The number of methoxy groups -OCH3 is 1. The topological polar surface area (TPSA) is 54.3 Å². The number of carbonyl (C=O) groups excluding carboxylic acids is 1. The number of thioether (sulfide) groups is 1. The molecule has 0 aromatic heterocycles. The van der Waals surface area contributed by atoms with E-state index in [9.17, 15) is 4.79 Å². The number of halogens is 3. The van der Waals surface area contributed by atoms with Crippen LogP contribution < -0.4 is 4.74 Å². The van der Waals surface area contributed by atoms with Crippen molar-refractivity contribution in [2.24, 2.45) is 10.1 Å². The van der Waals surface area contributed by atoms with Gasteiger partial charge in [-0.15, -0.1) is 0 Å². The molecule has 27 heavy (non-hydrogen) atoms. The van der Waals surface area contributed by atoms with Crippen LogP contribution in [0.1, 0.15) is 17.2 Å². The fourth-order valence-electron chi connectivity index (χ4n) is 2.75. The number of Topliss-reactive ketones (excluding diaryl/α,β-unsaturated/α-hetero) is 1. The Balaban J connectivity index is 1.67. The van der Waals surface area contributed by atoms with Crippen LogP contribution in [-0.2, 0) is 4.79 Å². The number of ether oxygens (including phenoxy) is 1. The van der Waals surface area contributed by atoms with Gasteiger partial charge >= 0.3 is 0 Å². The Morgan fingerprint density at radius 2 is 1.89 bits per heavy atom. The summed E-state index contributed by atoms with van der Waals surface area (Å²) < 4.78 is 5.16. The lowest BCUT2D eigenvalue weighted by atomic mass is 10.0. The Hall–Kier alpha value is -1.73. The van der Waals surface area contributed by atoms with Crippen LogP contribution >= 0.6 is 46.6 Å². The molecule has 0 amide bonds. The van der Waals surface area contributed by atoms with Gasteiger partial charge in [-0.25, -0.2) is 10.0 Å². The summed E-state index contributed by atoms with van der Waals surface area (Å²) in [7, 11) is 1.59. The number of carbonyl (C=O) groups is 1. The Labute approximate surface area is 174 Å². The molecule has 2 aliphatic heterocycles. The Kier molecular flexibility index (Phi) is 5.07. The molecule has 0 radical (unpaired) electrons. The standard InChI is InChI=1S/C18H12Cl3N3O2S/c1-26-11-5-2-9(3-6-11)14-15(25)16(21)24-18(22-14)27-17(23-24)12-7-4-10(19)8-13(12)20/h2-8,14,16H,1H3. The third kappa shape index (κ3) is 3.43. The average molecular weight is 441 g/mol. The summed E-state index contributed by atoms with van der Waals surface area (Å²) in [6, 6.07) is 11.7. The lowest BCUT2D eigenvalue weighted by Crippen LogP contribution is -2.41. The number of amidine groups is 1.